The molecule has 0 spiro atoms. The summed E-state index contributed by atoms with van der Waals surface area (Å²) < 4.78 is 5.85. The van der Waals surface area contributed by atoms with Crippen molar-refractivity contribution >= 4 is 41.3 Å². The van der Waals surface area contributed by atoms with Gasteiger partial charge in [0.1, 0.15) is 0 Å². The fourth-order valence-corrected chi connectivity index (χ4v) is 3.30. The molecule has 1 aromatic heterocycles. The van der Waals surface area contributed by atoms with Gasteiger partial charge in [-0.25, -0.2) is 0 Å². The number of halogens is 1. The molecular formula is C19H37IN4OS. The van der Waals surface area contributed by atoms with Crippen molar-refractivity contribution in [2.75, 3.05) is 46.9 Å². The molecule has 152 valence electrons. The SMILES string of the molecule is CCNC(=NCC(C)(C)c1cccs1)NCC(CCN(C)C)OCC.I. The molecule has 0 bridgehead atoms. The summed E-state index contributed by atoms with van der Waals surface area (Å²) >= 11 is 1.79. The molecule has 5 nitrogen and oxygen atoms in total. The maximum absolute atomic E-state index is 5.85. The number of nitrogens with one attached hydrogen (secondary N) is 2. The molecule has 1 heterocycles. The second-order valence-corrected chi connectivity index (χ2v) is 8.05. The number of aliphatic imine (C=N–C) groups is 1. The van der Waals surface area contributed by atoms with E-state index in [0.29, 0.717) is 0 Å². The van der Waals surface area contributed by atoms with Crippen LogP contribution in [0.3, 0.4) is 0 Å². The van der Waals surface area contributed by atoms with E-state index in [1.54, 1.807) is 11.3 Å². The lowest BCUT2D eigenvalue weighted by atomic mass is 9.92. The van der Waals surface area contributed by atoms with Crippen LogP contribution in [0.5, 0.6) is 0 Å². The summed E-state index contributed by atoms with van der Waals surface area (Å²) in [5, 5.41) is 8.91. The van der Waals surface area contributed by atoms with Crippen molar-refractivity contribution in [2.24, 2.45) is 4.99 Å². The molecule has 0 fully saturated rings. The Balaban J connectivity index is 0.00000625. The summed E-state index contributed by atoms with van der Waals surface area (Å²) in [6.07, 6.45) is 1.20. The lowest BCUT2D eigenvalue weighted by Crippen LogP contribution is -2.43. The normalized spacial score (nSPS) is 13.4. The van der Waals surface area contributed by atoms with Crippen LogP contribution in [0.4, 0.5) is 0 Å². The topological polar surface area (TPSA) is 48.9 Å². The number of nitrogens with zero attached hydrogens (tertiary/aromatic N) is 2. The van der Waals surface area contributed by atoms with Gasteiger partial charge in [0, 0.05) is 36.5 Å². The van der Waals surface area contributed by atoms with Crippen molar-refractivity contribution in [3.8, 4) is 0 Å². The third kappa shape index (κ3) is 10.1. The highest BCUT2D eigenvalue weighted by Gasteiger charge is 2.21. The van der Waals surface area contributed by atoms with Crippen LogP contribution >= 0.6 is 35.3 Å². The molecule has 1 rings (SSSR count). The Hall–Kier alpha value is -0.380. The fraction of sp³-hybridized carbons (Fsp3) is 0.737. The zero-order valence-electron chi connectivity index (χ0n) is 17.2. The van der Waals surface area contributed by atoms with E-state index < -0.39 is 0 Å². The van der Waals surface area contributed by atoms with E-state index in [4.69, 9.17) is 9.73 Å². The van der Waals surface area contributed by atoms with Gasteiger partial charge in [0.2, 0.25) is 0 Å². The van der Waals surface area contributed by atoms with Gasteiger partial charge in [-0.3, -0.25) is 4.99 Å². The minimum Gasteiger partial charge on any atom is -0.377 e. The molecule has 0 amide bonds. The van der Waals surface area contributed by atoms with E-state index in [1.807, 2.05) is 6.92 Å². The number of guanidine groups is 1. The Kier molecular flexibility index (Phi) is 13.5. The van der Waals surface area contributed by atoms with Crippen LogP contribution in [-0.2, 0) is 10.2 Å². The van der Waals surface area contributed by atoms with E-state index >= 15 is 0 Å². The first-order valence-corrected chi connectivity index (χ1v) is 10.1. The van der Waals surface area contributed by atoms with Crippen LogP contribution in [0, 0.1) is 0 Å². The number of hydrogen-bond donors (Lipinski definition) is 2. The van der Waals surface area contributed by atoms with Crippen molar-refractivity contribution in [1.29, 1.82) is 0 Å². The Morgan fingerprint density at radius 1 is 1.31 bits per heavy atom. The Morgan fingerprint density at radius 3 is 2.58 bits per heavy atom. The van der Waals surface area contributed by atoms with Crippen LogP contribution in [0.25, 0.3) is 0 Å². The summed E-state index contributed by atoms with van der Waals surface area (Å²) in [5.74, 6) is 0.863. The summed E-state index contributed by atoms with van der Waals surface area (Å²) in [7, 11) is 4.18. The van der Waals surface area contributed by atoms with Crippen molar-refractivity contribution in [1.82, 2.24) is 15.5 Å². The molecule has 1 aromatic rings. The van der Waals surface area contributed by atoms with Crippen LogP contribution in [0.2, 0.25) is 0 Å². The highest BCUT2D eigenvalue weighted by atomic mass is 127. The largest absolute Gasteiger partial charge is 0.377 e. The second kappa shape index (κ2) is 13.7. The van der Waals surface area contributed by atoms with E-state index in [9.17, 15) is 0 Å². The van der Waals surface area contributed by atoms with Crippen molar-refractivity contribution in [3.05, 3.63) is 22.4 Å². The average molecular weight is 497 g/mol. The van der Waals surface area contributed by atoms with Gasteiger partial charge in [0.15, 0.2) is 5.96 Å². The Morgan fingerprint density at radius 2 is 2.04 bits per heavy atom. The molecule has 2 N–H and O–H groups in total. The lowest BCUT2D eigenvalue weighted by Gasteiger charge is -2.23. The van der Waals surface area contributed by atoms with Gasteiger partial charge in [0.05, 0.1) is 12.6 Å². The number of hydrogen-bond acceptors (Lipinski definition) is 4. The third-order valence-corrected chi connectivity index (χ3v) is 5.20. The van der Waals surface area contributed by atoms with Crippen LogP contribution in [0.1, 0.15) is 39.0 Å². The molecule has 0 aliphatic heterocycles. The van der Waals surface area contributed by atoms with Crippen molar-refractivity contribution in [3.63, 3.8) is 0 Å². The maximum Gasteiger partial charge on any atom is 0.191 e. The maximum atomic E-state index is 5.85. The molecule has 0 aromatic carbocycles. The molecule has 0 saturated heterocycles. The lowest BCUT2D eigenvalue weighted by molar-refractivity contribution is 0.0548. The molecule has 7 heteroatoms. The summed E-state index contributed by atoms with van der Waals surface area (Å²) in [6, 6.07) is 4.29. The van der Waals surface area contributed by atoms with Gasteiger partial charge >= 0.3 is 0 Å². The predicted octanol–water partition coefficient (Wildman–Crippen LogP) is 3.56. The minimum atomic E-state index is 0. The first kappa shape index (κ1) is 25.6. The number of ether oxygens (including phenoxy) is 1. The van der Waals surface area contributed by atoms with Gasteiger partial charge in [0.25, 0.3) is 0 Å². The molecule has 0 radical (unpaired) electrons. The van der Waals surface area contributed by atoms with E-state index in [-0.39, 0.29) is 35.5 Å². The van der Waals surface area contributed by atoms with Gasteiger partial charge in [-0.2, -0.15) is 0 Å². The first-order valence-electron chi connectivity index (χ1n) is 9.21. The van der Waals surface area contributed by atoms with Crippen LogP contribution in [0.15, 0.2) is 22.5 Å². The number of rotatable bonds is 11. The zero-order valence-corrected chi connectivity index (χ0v) is 20.3. The molecule has 0 aliphatic carbocycles. The smallest absolute Gasteiger partial charge is 0.191 e. The Labute approximate surface area is 181 Å². The second-order valence-electron chi connectivity index (χ2n) is 7.11. The van der Waals surface area contributed by atoms with Crippen LogP contribution < -0.4 is 10.6 Å². The molecular weight excluding hydrogens is 459 g/mol. The van der Waals surface area contributed by atoms with Gasteiger partial charge in [-0.05, 0) is 45.8 Å². The summed E-state index contributed by atoms with van der Waals surface area (Å²) in [6.45, 7) is 12.7. The zero-order chi connectivity index (χ0) is 18.7. The molecule has 1 atom stereocenters. The quantitative estimate of drug-likeness (QED) is 0.280. The summed E-state index contributed by atoms with van der Waals surface area (Å²) in [5.41, 5.74) is 0.0424. The van der Waals surface area contributed by atoms with E-state index in [0.717, 1.165) is 45.2 Å². The van der Waals surface area contributed by atoms with Crippen molar-refractivity contribution in [2.45, 2.75) is 45.6 Å². The molecule has 0 aliphatic rings. The predicted molar refractivity (Wildman–Crippen MR) is 125 cm³/mol. The third-order valence-electron chi connectivity index (χ3n) is 3.96. The van der Waals surface area contributed by atoms with Gasteiger partial charge in [-0.1, -0.05) is 19.9 Å². The standard InChI is InChI=1S/C19H36N4OS.HI/c1-7-20-18(21-14-16(24-8-2)11-12-23(5)6)22-15-19(3,4)17-10-9-13-25-17;/h9-10,13,16H,7-8,11-12,14-15H2,1-6H3,(H2,20,21,22);1H. The monoisotopic (exact) mass is 496 g/mol. The van der Waals surface area contributed by atoms with E-state index in [2.05, 4.69) is 67.9 Å². The van der Waals surface area contributed by atoms with Gasteiger partial charge < -0.3 is 20.3 Å². The fourth-order valence-electron chi connectivity index (χ4n) is 2.45. The average Bonchev–Trinajstić information content (AvgIpc) is 3.10. The summed E-state index contributed by atoms with van der Waals surface area (Å²) in [4.78, 5) is 8.36. The minimum absolute atomic E-state index is 0. The highest BCUT2D eigenvalue weighted by Crippen LogP contribution is 2.27. The van der Waals surface area contributed by atoms with Crippen LogP contribution in [-0.4, -0.2) is 63.8 Å². The molecule has 0 saturated carbocycles. The Bertz CT molecular complexity index is 492. The first-order chi connectivity index (χ1) is 11.9. The van der Waals surface area contributed by atoms with Crippen molar-refractivity contribution < 1.29 is 4.74 Å². The van der Waals surface area contributed by atoms with E-state index in [1.165, 1.54) is 4.88 Å². The van der Waals surface area contributed by atoms with Gasteiger partial charge in [-0.15, -0.1) is 35.3 Å². The number of thiophene rings is 1. The highest BCUT2D eigenvalue weighted by molar-refractivity contribution is 14.0. The molecule has 26 heavy (non-hydrogen) atoms. The molecule has 1 unspecified atom stereocenters.